The Morgan fingerprint density at radius 1 is 0.857 bits per heavy atom. The summed E-state index contributed by atoms with van der Waals surface area (Å²) in [5.41, 5.74) is 16.2. The van der Waals surface area contributed by atoms with Gasteiger partial charge in [-0.25, -0.2) is 0 Å². The molecule has 0 spiro atoms. The number of allylic oxidation sites excluding steroid dienone is 1. The van der Waals surface area contributed by atoms with E-state index in [0.29, 0.717) is 0 Å². The first-order valence-corrected chi connectivity index (χ1v) is 7.05. The third-order valence-electron chi connectivity index (χ3n) is 3.32. The first-order valence-electron chi connectivity index (χ1n) is 7.05. The minimum absolute atomic E-state index is 0.0818. The van der Waals surface area contributed by atoms with Crippen LogP contribution in [-0.4, -0.2) is 5.54 Å². The minimum atomic E-state index is 0.0818. The number of rotatable bonds is 0. The number of hydrogen-bond donors (Lipinski definition) is 3. The molecule has 2 aromatic rings. The molecule has 0 fully saturated rings. The summed E-state index contributed by atoms with van der Waals surface area (Å²) < 4.78 is 0. The third kappa shape index (κ3) is 4.02. The van der Waals surface area contributed by atoms with Gasteiger partial charge in [-0.3, -0.25) is 0 Å². The van der Waals surface area contributed by atoms with Crippen LogP contribution in [-0.2, 0) is 0 Å². The van der Waals surface area contributed by atoms with E-state index in [4.69, 9.17) is 11.5 Å². The largest absolute Gasteiger partial charge is 0.399 e. The SMILES string of the molecule is CC1=CC(C)(C)Nc2ccccc21.Nc1ccc(N)cc1. The lowest BCUT2D eigenvalue weighted by atomic mass is 9.91. The Morgan fingerprint density at radius 2 is 1.38 bits per heavy atom. The van der Waals surface area contributed by atoms with Gasteiger partial charge in [0.05, 0.1) is 5.54 Å². The quantitative estimate of drug-likeness (QED) is 0.636. The van der Waals surface area contributed by atoms with Crippen LogP contribution in [0.3, 0.4) is 0 Å². The predicted octanol–water partition coefficient (Wildman–Crippen LogP) is 4.15. The Labute approximate surface area is 126 Å². The Bertz CT molecular complexity index is 619. The molecule has 1 aliphatic rings. The fraction of sp³-hybridized carbons (Fsp3) is 0.222. The molecule has 0 saturated heterocycles. The Balaban J connectivity index is 0.000000173. The van der Waals surface area contributed by atoms with Gasteiger partial charge in [-0.05, 0) is 56.7 Å². The number of nitrogen functional groups attached to an aromatic ring is 2. The average molecular weight is 281 g/mol. The van der Waals surface area contributed by atoms with E-state index in [0.717, 1.165) is 11.4 Å². The molecule has 0 radical (unpaired) electrons. The van der Waals surface area contributed by atoms with Crippen LogP contribution in [0, 0.1) is 0 Å². The molecule has 5 N–H and O–H groups in total. The predicted molar refractivity (Wildman–Crippen MR) is 93.1 cm³/mol. The molecule has 3 rings (SSSR count). The van der Waals surface area contributed by atoms with Crippen LogP contribution in [0.5, 0.6) is 0 Å². The van der Waals surface area contributed by atoms with Crippen LogP contribution in [0.15, 0.2) is 54.6 Å². The van der Waals surface area contributed by atoms with Gasteiger partial charge in [0, 0.05) is 22.6 Å². The van der Waals surface area contributed by atoms with E-state index >= 15 is 0 Å². The molecular formula is C18H23N3. The number of benzene rings is 2. The molecule has 0 unspecified atom stereocenters. The van der Waals surface area contributed by atoms with E-state index in [-0.39, 0.29) is 5.54 Å². The molecule has 0 aromatic heterocycles. The van der Waals surface area contributed by atoms with Crippen molar-refractivity contribution in [2.45, 2.75) is 26.3 Å². The van der Waals surface area contributed by atoms with Gasteiger partial charge >= 0.3 is 0 Å². The second-order valence-corrected chi connectivity index (χ2v) is 5.89. The second-order valence-electron chi connectivity index (χ2n) is 5.89. The Morgan fingerprint density at radius 3 is 1.95 bits per heavy atom. The number of para-hydroxylation sites is 1. The van der Waals surface area contributed by atoms with Crippen molar-refractivity contribution in [2.75, 3.05) is 16.8 Å². The second kappa shape index (κ2) is 5.92. The maximum atomic E-state index is 5.37. The standard InChI is InChI=1S/C12H15N.C6H8N2/c1-9-8-12(2,3)13-11-7-5-4-6-10(9)11;7-5-1-2-6(8)4-3-5/h4-8,13H,1-3H3;1-4H,7-8H2. The van der Waals surface area contributed by atoms with Crippen LogP contribution in [0.2, 0.25) is 0 Å². The topological polar surface area (TPSA) is 64.1 Å². The minimum Gasteiger partial charge on any atom is -0.399 e. The summed E-state index contributed by atoms with van der Waals surface area (Å²) in [7, 11) is 0. The summed E-state index contributed by atoms with van der Waals surface area (Å²) in [6.07, 6.45) is 2.27. The van der Waals surface area contributed by atoms with Gasteiger partial charge in [-0.2, -0.15) is 0 Å². The first kappa shape index (κ1) is 15.0. The van der Waals surface area contributed by atoms with Crippen molar-refractivity contribution < 1.29 is 0 Å². The molecule has 0 aliphatic carbocycles. The van der Waals surface area contributed by atoms with Crippen molar-refractivity contribution in [1.82, 2.24) is 0 Å². The highest BCUT2D eigenvalue weighted by Gasteiger charge is 2.21. The average Bonchev–Trinajstić information content (AvgIpc) is 2.41. The highest BCUT2D eigenvalue weighted by molar-refractivity contribution is 5.79. The number of hydrogen-bond acceptors (Lipinski definition) is 3. The van der Waals surface area contributed by atoms with Crippen molar-refractivity contribution in [3.8, 4) is 0 Å². The highest BCUT2D eigenvalue weighted by atomic mass is 15.0. The van der Waals surface area contributed by atoms with Gasteiger partial charge < -0.3 is 16.8 Å². The first-order chi connectivity index (χ1) is 9.87. The maximum Gasteiger partial charge on any atom is 0.0505 e. The molecule has 0 atom stereocenters. The summed E-state index contributed by atoms with van der Waals surface area (Å²) in [6, 6.07) is 15.5. The zero-order chi connectivity index (χ0) is 15.5. The fourth-order valence-electron chi connectivity index (χ4n) is 2.43. The number of fused-ring (bicyclic) bond motifs is 1. The van der Waals surface area contributed by atoms with Gasteiger partial charge in [-0.1, -0.05) is 24.3 Å². The van der Waals surface area contributed by atoms with Crippen molar-refractivity contribution in [1.29, 1.82) is 0 Å². The van der Waals surface area contributed by atoms with E-state index in [1.54, 1.807) is 24.3 Å². The summed E-state index contributed by atoms with van der Waals surface area (Å²) in [5, 5.41) is 3.49. The molecule has 2 aromatic carbocycles. The zero-order valence-corrected chi connectivity index (χ0v) is 12.9. The van der Waals surface area contributed by atoms with Gasteiger partial charge in [0.25, 0.3) is 0 Å². The van der Waals surface area contributed by atoms with Crippen molar-refractivity contribution >= 4 is 22.6 Å². The molecule has 1 heterocycles. The Kier molecular flexibility index (Phi) is 4.22. The van der Waals surface area contributed by atoms with Crippen molar-refractivity contribution in [3.63, 3.8) is 0 Å². The molecule has 0 bridgehead atoms. The monoisotopic (exact) mass is 281 g/mol. The van der Waals surface area contributed by atoms with Gasteiger partial charge in [0.1, 0.15) is 0 Å². The van der Waals surface area contributed by atoms with Crippen LogP contribution in [0.25, 0.3) is 5.57 Å². The summed E-state index contributed by atoms with van der Waals surface area (Å²) in [4.78, 5) is 0. The van der Waals surface area contributed by atoms with Crippen LogP contribution >= 0.6 is 0 Å². The molecule has 21 heavy (non-hydrogen) atoms. The van der Waals surface area contributed by atoms with Crippen LogP contribution in [0.4, 0.5) is 17.1 Å². The normalized spacial score (nSPS) is 14.9. The molecule has 1 aliphatic heterocycles. The smallest absolute Gasteiger partial charge is 0.0505 e. The van der Waals surface area contributed by atoms with E-state index in [1.807, 2.05) is 0 Å². The lowest BCUT2D eigenvalue weighted by molar-refractivity contribution is 0.707. The zero-order valence-electron chi connectivity index (χ0n) is 12.9. The van der Waals surface area contributed by atoms with E-state index in [2.05, 4.69) is 56.4 Å². The lowest BCUT2D eigenvalue weighted by Crippen LogP contribution is -2.31. The molecule has 0 saturated carbocycles. The number of anilines is 3. The molecule has 110 valence electrons. The van der Waals surface area contributed by atoms with Crippen LogP contribution < -0.4 is 16.8 Å². The summed E-state index contributed by atoms with van der Waals surface area (Å²) in [5.74, 6) is 0. The molecule has 0 amide bonds. The van der Waals surface area contributed by atoms with Gasteiger partial charge in [0.15, 0.2) is 0 Å². The summed E-state index contributed by atoms with van der Waals surface area (Å²) >= 11 is 0. The maximum absolute atomic E-state index is 5.37. The van der Waals surface area contributed by atoms with Crippen LogP contribution in [0.1, 0.15) is 26.3 Å². The van der Waals surface area contributed by atoms with E-state index in [1.165, 1.54) is 16.8 Å². The van der Waals surface area contributed by atoms with Crippen molar-refractivity contribution in [3.05, 3.63) is 60.2 Å². The molecule has 3 nitrogen and oxygen atoms in total. The Hall–Kier alpha value is -2.42. The van der Waals surface area contributed by atoms with Gasteiger partial charge in [-0.15, -0.1) is 0 Å². The van der Waals surface area contributed by atoms with E-state index in [9.17, 15) is 0 Å². The fourth-order valence-corrected chi connectivity index (χ4v) is 2.43. The highest BCUT2D eigenvalue weighted by Crippen LogP contribution is 2.32. The summed E-state index contributed by atoms with van der Waals surface area (Å²) in [6.45, 7) is 6.54. The third-order valence-corrected chi connectivity index (χ3v) is 3.32. The van der Waals surface area contributed by atoms with E-state index < -0.39 is 0 Å². The van der Waals surface area contributed by atoms with Crippen molar-refractivity contribution in [2.24, 2.45) is 0 Å². The number of nitrogens with one attached hydrogen (secondary N) is 1. The van der Waals surface area contributed by atoms with Gasteiger partial charge in [0.2, 0.25) is 0 Å². The molecule has 3 heteroatoms. The number of nitrogens with two attached hydrogens (primary N) is 2. The lowest BCUT2D eigenvalue weighted by Gasteiger charge is -2.31. The molecular weight excluding hydrogens is 258 g/mol.